The van der Waals surface area contributed by atoms with Gasteiger partial charge in [0, 0.05) is 0 Å². The van der Waals surface area contributed by atoms with Crippen LogP contribution in [-0.4, -0.2) is 6.54 Å². The van der Waals surface area contributed by atoms with Crippen LogP contribution in [0.25, 0.3) is 0 Å². The molecule has 0 spiro atoms. The molecule has 0 fully saturated rings. The summed E-state index contributed by atoms with van der Waals surface area (Å²) in [5.74, 6) is 8.00. The molecule has 3 heteroatoms. The van der Waals surface area contributed by atoms with E-state index in [1.165, 1.54) is 5.57 Å². The monoisotopic (exact) mass is 157 g/mol. The molecule has 0 aromatic rings. The first-order chi connectivity index (χ1) is 5.31. The van der Waals surface area contributed by atoms with Gasteiger partial charge >= 0.3 is 0 Å². The van der Waals surface area contributed by atoms with Crippen molar-refractivity contribution in [2.45, 2.75) is 19.8 Å². The maximum atomic E-state index is 5.32. The average Bonchev–Trinajstić information content (AvgIpc) is 2.05. The van der Waals surface area contributed by atoms with Gasteiger partial charge in [-0.1, -0.05) is 24.3 Å². The predicted molar refractivity (Wildman–Crippen MR) is 50.6 cm³/mol. The first-order valence-corrected chi connectivity index (χ1v) is 3.63. The normalized spacial score (nSPS) is 10.0. The molecular weight excluding hydrogens is 138 g/mol. The molecule has 6 N–H and O–H groups in total. The van der Waals surface area contributed by atoms with Crippen LogP contribution in [0.4, 0.5) is 0 Å². The first-order valence-electron chi connectivity index (χ1n) is 3.63. The summed E-state index contributed by atoms with van der Waals surface area (Å²) >= 11 is 0. The van der Waals surface area contributed by atoms with Gasteiger partial charge in [0.2, 0.25) is 0 Å². The van der Waals surface area contributed by atoms with Crippen molar-refractivity contribution in [3.63, 3.8) is 0 Å². The number of nitrogens with two attached hydrogens (primary N) is 3. The minimum absolute atomic E-state index is 0.780. The quantitative estimate of drug-likeness (QED) is 0.319. The molecule has 0 aliphatic carbocycles. The van der Waals surface area contributed by atoms with Gasteiger partial charge in [-0.2, -0.15) is 0 Å². The van der Waals surface area contributed by atoms with Crippen LogP contribution in [0.1, 0.15) is 19.8 Å². The molecule has 0 heterocycles. The van der Waals surface area contributed by atoms with E-state index < -0.39 is 0 Å². The summed E-state index contributed by atoms with van der Waals surface area (Å²) in [7, 11) is 0. The summed E-state index contributed by atoms with van der Waals surface area (Å²) in [6, 6.07) is 0. The van der Waals surface area contributed by atoms with Crippen molar-refractivity contribution in [1.29, 1.82) is 0 Å². The second-order valence-electron chi connectivity index (χ2n) is 2.14. The third-order valence-electron chi connectivity index (χ3n) is 1.18. The average molecular weight is 157 g/mol. The van der Waals surface area contributed by atoms with Gasteiger partial charge in [0.05, 0.1) is 0 Å². The molecule has 66 valence electrons. The van der Waals surface area contributed by atoms with Gasteiger partial charge in [-0.3, -0.25) is 11.7 Å². The molecule has 3 nitrogen and oxygen atoms in total. The summed E-state index contributed by atoms with van der Waals surface area (Å²) in [5.41, 5.74) is 6.68. The fourth-order valence-corrected chi connectivity index (χ4v) is 0.665. The highest BCUT2D eigenvalue weighted by molar-refractivity contribution is 5.07. The molecule has 0 saturated heterocycles. The van der Waals surface area contributed by atoms with Crippen molar-refractivity contribution in [3.8, 4) is 0 Å². The number of rotatable bonds is 4. The minimum atomic E-state index is 0.780. The van der Waals surface area contributed by atoms with Crippen LogP contribution in [0.3, 0.4) is 0 Å². The Balaban J connectivity index is 0. The fraction of sp³-hybridized carbons (Fsp3) is 0.500. The molecule has 0 aliphatic heterocycles. The van der Waals surface area contributed by atoms with E-state index in [9.17, 15) is 0 Å². The van der Waals surface area contributed by atoms with Crippen molar-refractivity contribution >= 4 is 0 Å². The maximum Gasteiger partial charge on any atom is -0.00742 e. The molecule has 0 aromatic heterocycles. The van der Waals surface area contributed by atoms with Gasteiger partial charge in [0.15, 0.2) is 0 Å². The molecular formula is C8H19N3. The van der Waals surface area contributed by atoms with Crippen molar-refractivity contribution in [2.75, 3.05) is 6.54 Å². The molecule has 0 aliphatic rings. The molecule has 0 bridgehead atoms. The van der Waals surface area contributed by atoms with Crippen molar-refractivity contribution in [3.05, 3.63) is 24.3 Å². The predicted octanol–water partition coefficient (Wildman–Crippen LogP) is 0.676. The van der Waals surface area contributed by atoms with Crippen LogP contribution < -0.4 is 17.4 Å². The second kappa shape index (κ2) is 12.1. The lowest BCUT2D eigenvalue weighted by atomic mass is 10.1. The van der Waals surface area contributed by atoms with Crippen LogP contribution in [0.2, 0.25) is 0 Å². The Morgan fingerprint density at radius 1 is 1.45 bits per heavy atom. The van der Waals surface area contributed by atoms with Crippen LogP contribution >= 0.6 is 0 Å². The Labute approximate surface area is 68.9 Å². The van der Waals surface area contributed by atoms with E-state index in [1.807, 2.05) is 12.2 Å². The van der Waals surface area contributed by atoms with E-state index in [4.69, 9.17) is 5.73 Å². The highest BCUT2D eigenvalue weighted by Gasteiger charge is 1.84. The molecule has 0 atom stereocenters. The van der Waals surface area contributed by atoms with E-state index in [2.05, 4.69) is 25.2 Å². The lowest BCUT2D eigenvalue weighted by molar-refractivity contribution is 0.823. The van der Waals surface area contributed by atoms with Crippen LogP contribution in [0.15, 0.2) is 24.3 Å². The Bertz CT molecular complexity index is 108. The minimum Gasteiger partial charge on any atom is -0.330 e. The molecule has 0 unspecified atom stereocenters. The lowest BCUT2D eigenvalue weighted by Gasteiger charge is -1.95. The Hall–Kier alpha value is -0.640. The zero-order valence-corrected chi connectivity index (χ0v) is 7.22. The standard InChI is InChI=1S/C8H15N.H4N2/c1-3-5-8(2)6-4-7-9;1-2/h3,5H,1,4,6-7,9H2,2H3;1-2H2/b8-5+;. The third-order valence-corrected chi connectivity index (χ3v) is 1.18. The summed E-state index contributed by atoms with van der Waals surface area (Å²) in [5, 5.41) is 0. The summed E-state index contributed by atoms with van der Waals surface area (Å²) < 4.78 is 0. The molecule has 11 heavy (non-hydrogen) atoms. The van der Waals surface area contributed by atoms with Crippen LogP contribution in [0, 0.1) is 0 Å². The lowest BCUT2D eigenvalue weighted by Crippen LogP contribution is -2.02. The van der Waals surface area contributed by atoms with Gasteiger partial charge in [0.1, 0.15) is 0 Å². The number of hydrogen-bond acceptors (Lipinski definition) is 3. The molecule has 0 aromatic carbocycles. The smallest absolute Gasteiger partial charge is 0.00742 e. The van der Waals surface area contributed by atoms with Crippen LogP contribution in [0.5, 0.6) is 0 Å². The van der Waals surface area contributed by atoms with E-state index >= 15 is 0 Å². The molecule has 0 radical (unpaired) electrons. The van der Waals surface area contributed by atoms with Crippen molar-refractivity contribution in [1.82, 2.24) is 0 Å². The highest BCUT2D eigenvalue weighted by Crippen LogP contribution is 2.01. The Morgan fingerprint density at radius 2 is 2.00 bits per heavy atom. The van der Waals surface area contributed by atoms with E-state index in [-0.39, 0.29) is 0 Å². The van der Waals surface area contributed by atoms with Gasteiger partial charge in [-0.15, -0.1) is 0 Å². The number of hydrazine groups is 1. The number of allylic oxidation sites excluding steroid dienone is 3. The molecule has 0 rings (SSSR count). The third kappa shape index (κ3) is 12.5. The second-order valence-corrected chi connectivity index (χ2v) is 2.14. The van der Waals surface area contributed by atoms with Crippen molar-refractivity contribution < 1.29 is 0 Å². The topological polar surface area (TPSA) is 78.1 Å². The van der Waals surface area contributed by atoms with Gasteiger partial charge < -0.3 is 5.73 Å². The number of hydrogen-bond donors (Lipinski definition) is 3. The maximum absolute atomic E-state index is 5.32. The summed E-state index contributed by atoms with van der Waals surface area (Å²) in [4.78, 5) is 0. The van der Waals surface area contributed by atoms with E-state index in [1.54, 1.807) is 0 Å². The highest BCUT2D eigenvalue weighted by atomic mass is 15.0. The molecule has 0 saturated carbocycles. The van der Waals surface area contributed by atoms with E-state index in [0.717, 1.165) is 19.4 Å². The van der Waals surface area contributed by atoms with Gasteiger partial charge in [0.25, 0.3) is 0 Å². The van der Waals surface area contributed by atoms with Gasteiger partial charge in [-0.25, -0.2) is 0 Å². The zero-order valence-electron chi connectivity index (χ0n) is 7.22. The summed E-state index contributed by atoms with van der Waals surface area (Å²) in [6.07, 6.45) is 6.01. The SMILES string of the molecule is C=C/C=C(\C)CCCN.NN. The summed E-state index contributed by atoms with van der Waals surface area (Å²) in [6.45, 7) is 6.48. The van der Waals surface area contributed by atoms with E-state index in [0.29, 0.717) is 0 Å². The Morgan fingerprint density at radius 3 is 2.36 bits per heavy atom. The Kier molecular flexibility index (Phi) is 14.3. The largest absolute Gasteiger partial charge is 0.330 e. The first kappa shape index (κ1) is 13.0. The molecule has 0 amide bonds. The fourth-order valence-electron chi connectivity index (χ4n) is 0.665. The van der Waals surface area contributed by atoms with Gasteiger partial charge in [-0.05, 0) is 26.3 Å². The van der Waals surface area contributed by atoms with Crippen molar-refractivity contribution in [2.24, 2.45) is 17.4 Å². The zero-order chi connectivity index (χ0) is 9.11. The van der Waals surface area contributed by atoms with Crippen LogP contribution in [-0.2, 0) is 0 Å².